The molecule has 0 heterocycles. The zero-order chi connectivity index (χ0) is 23.2. The Bertz CT molecular complexity index is 1150. The molecule has 4 aromatic carbocycles. The highest BCUT2D eigenvalue weighted by molar-refractivity contribution is 5.91. The Kier molecular flexibility index (Phi) is 7.10. The molecule has 1 heteroatoms. The van der Waals surface area contributed by atoms with Gasteiger partial charge in [-0.2, -0.15) is 0 Å². The third-order valence-corrected chi connectivity index (χ3v) is 6.03. The van der Waals surface area contributed by atoms with Crippen molar-refractivity contribution in [1.29, 1.82) is 0 Å². The van der Waals surface area contributed by atoms with E-state index in [9.17, 15) is 0 Å². The first-order chi connectivity index (χ1) is 16.0. The van der Waals surface area contributed by atoms with Crippen molar-refractivity contribution >= 4 is 23.0 Å². The van der Waals surface area contributed by atoms with Crippen LogP contribution in [0.3, 0.4) is 0 Å². The van der Waals surface area contributed by atoms with E-state index in [0.29, 0.717) is 0 Å². The van der Waals surface area contributed by atoms with Gasteiger partial charge in [-0.3, -0.25) is 0 Å². The van der Waals surface area contributed by atoms with Gasteiger partial charge in [-0.05, 0) is 79.8 Å². The van der Waals surface area contributed by atoms with Crippen LogP contribution in [0.1, 0.15) is 46.7 Å². The molecule has 33 heavy (non-hydrogen) atoms. The molecule has 0 radical (unpaired) electrons. The summed E-state index contributed by atoms with van der Waals surface area (Å²) in [4.78, 5) is 2.40. The summed E-state index contributed by atoms with van der Waals surface area (Å²) >= 11 is 0. The molecule has 0 saturated carbocycles. The smallest absolute Gasteiger partial charge is 0.0411 e. The van der Waals surface area contributed by atoms with E-state index in [0.717, 1.165) is 13.0 Å². The molecule has 4 aromatic rings. The molecule has 0 aliphatic carbocycles. The zero-order valence-corrected chi connectivity index (χ0v) is 20.2. The summed E-state index contributed by atoms with van der Waals surface area (Å²) < 4.78 is 0. The van der Waals surface area contributed by atoms with Crippen LogP contribution in [0.5, 0.6) is 0 Å². The van der Waals surface area contributed by atoms with Gasteiger partial charge < -0.3 is 4.90 Å². The van der Waals surface area contributed by atoms with E-state index in [1.54, 1.807) is 0 Å². The fourth-order valence-corrected chi connectivity index (χ4v) is 4.07. The van der Waals surface area contributed by atoms with Crippen LogP contribution in [0.2, 0.25) is 0 Å². The minimum Gasteiger partial charge on any atom is -0.342 e. The lowest BCUT2D eigenvalue weighted by Crippen LogP contribution is -2.17. The van der Waals surface area contributed by atoms with Crippen LogP contribution in [-0.2, 0) is 0 Å². The van der Waals surface area contributed by atoms with Crippen molar-refractivity contribution in [2.45, 2.75) is 34.1 Å². The predicted octanol–water partition coefficient (Wildman–Crippen LogP) is 8.75. The topological polar surface area (TPSA) is 3.24 Å². The maximum atomic E-state index is 2.40. The minimum absolute atomic E-state index is 0.996. The molecule has 0 saturated heterocycles. The number of hydrogen-bond acceptors (Lipinski definition) is 1. The molecule has 0 aromatic heterocycles. The lowest BCUT2D eigenvalue weighted by Gasteiger charge is -2.25. The molecule has 1 nitrogen and oxygen atoms in total. The molecule has 0 bridgehead atoms. The van der Waals surface area contributed by atoms with E-state index >= 15 is 0 Å². The molecule has 4 rings (SSSR count). The van der Waals surface area contributed by atoms with Crippen molar-refractivity contribution in [3.8, 4) is 0 Å². The van der Waals surface area contributed by atoms with Crippen LogP contribution >= 0.6 is 0 Å². The summed E-state index contributed by atoms with van der Waals surface area (Å²) in [7, 11) is 0. The van der Waals surface area contributed by atoms with Crippen LogP contribution < -0.4 is 4.90 Å². The highest BCUT2D eigenvalue weighted by atomic mass is 15.1. The molecule has 0 unspecified atom stereocenters. The zero-order valence-electron chi connectivity index (χ0n) is 20.2. The maximum absolute atomic E-state index is 2.40. The fraction of sp³-hybridized carbons (Fsp3) is 0.188. The van der Waals surface area contributed by atoms with Gasteiger partial charge in [-0.25, -0.2) is 0 Å². The standard InChI is InChI=1S/C32H33N/c1-5-22-33(30-18-10-26(4)11-19-30)31-20-12-27(13-21-31)23-32(28-14-6-24(2)7-15-28)29-16-8-25(3)9-17-29/h6-21,23H,5,22H2,1-4H3. The summed E-state index contributed by atoms with van der Waals surface area (Å²) in [5.74, 6) is 0. The first-order valence-electron chi connectivity index (χ1n) is 11.8. The van der Waals surface area contributed by atoms with Gasteiger partial charge in [0.15, 0.2) is 0 Å². The second kappa shape index (κ2) is 10.4. The fourth-order valence-electron chi connectivity index (χ4n) is 4.07. The molecule has 166 valence electrons. The molecule has 0 amide bonds. The summed E-state index contributed by atoms with van der Waals surface area (Å²) in [5.41, 5.74) is 11.2. The molecule has 0 N–H and O–H groups in total. The van der Waals surface area contributed by atoms with Crippen molar-refractivity contribution in [2.24, 2.45) is 0 Å². The van der Waals surface area contributed by atoms with Crippen LogP contribution in [0, 0.1) is 20.8 Å². The number of benzene rings is 4. The van der Waals surface area contributed by atoms with Gasteiger partial charge in [-0.15, -0.1) is 0 Å². The highest BCUT2D eigenvalue weighted by Crippen LogP contribution is 2.30. The van der Waals surface area contributed by atoms with E-state index < -0.39 is 0 Å². The lowest BCUT2D eigenvalue weighted by molar-refractivity contribution is 0.885. The number of hydrogen-bond donors (Lipinski definition) is 0. The average Bonchev–Trinajstić information content (AvgIpc) is 2.84. The third-order valence-electron chi connectivity index (χ3n) is 6.03. The Labute approximate surface area is 199 Å². The number of aryl methyl sites for hydroxylation is 3. The monoisotopic (exact) mass is 431 g/mol. The molecule has 0 atom stereocenters. The highest BCUT2D eigenvalue weighted by Gasteiger charge is 2.09. The van der Waals surface area contributed by atoms with E-state index in [1.807, 2.05) is 0 Å². The predicted molar refractivity (Wildman–Crippen MR) is 144 cm³/mol. The van der Waals surface area contributed by atoms with E-state index in [1.165, 1.54) is 50.3 Å². The average molecular weight is 432 g/mol. The SMILES string of the molecule is CCCN(c1ccc(C)cc1)c1ccc(C=C(c2ccc(C)cc2)c2ccc(C)cc2)cc1. The Hall–Kier alpha value is -3.58. The number of nitrogens with zero attached hydrogens (tertiary/aromatic N) is 1. The normalized spacial score (nSPS) is 10.7. The second-order valence-electron chi connectivity index (χ2n) is 8.87. The Morgan fingerprint density at radius 1 is 0.576 bits per heavy atom. The number of anilines is 2. The van der Waals surface area contributed by atoms with Crippen LogP contribution in [0.4, 0.5) is 11.4 Å². The van der Waals surface area contributed by atoms with Crippen molar-refractivity contribution < 1.29 is 0 Å². The molecule has 0 aliphatic heterocycles. The summed E-state index contributed by atoms with van der Waals surface area (Å²) in [6.45, 7) is 9.63. The lowest BCUT2D eigenvalue weighted by atomic mass is 9.94. The summed E-state index contributed by atoms with van der Waals surface area (Å²) in [5, 5.41) is 0. The first kappa shape index (κ1) is 22.6. The summed E-state index contributed by atoms with van der Waals surface area (Å²) in [6.07, 6.45) is 3.40. The van der Waals surface area contributed by atoms with Crippen LogP contribution in [0.25, 0.3) is 11.6 Å². The van der Waals surface area contributed by atoms with Crippen molar-refractivity contribution in [3.05, 3.63) is 130 Å². The van der Waals surface area contributed by atoms with Gasteiger partial charge in [0, 0.05) is 17.9 Å². The first-order valence-corrected chi connectivity index (χ1v) is 11.8. The Morgan fingerprint density at radius 3 is 1.39 bits per heavy atom. The van der Waals surface area contributed by atoms with Crippen molar-refractivity contribution in [3.63, 3.8) is 0 Å². The number of rotatable bonds is 7. The van der Waals surface area contributed by atoms with E-state index in [-0.39, 0.29) is 0 Å². The molecular formula is C32H33N. The minimum atomic E-state index is 0.996. The van der Waals surface area contributed by atoms with Crippen molar-refractivity contribution in [1.82, 2.24) is 0 Å². The van der Waals surface area contributed by atoms with Crippen molar-refractivity contribution in [2.75, 3.05) is 11.4 Å². The van der Waals surface area contributed by atoms with Gasteiger partial charge in [0.05, 0.1) is 0 Å². The molecular weight excluding hydrogens is 398 g/mol. The quantitative estimate of drug-likeness (QED) is 0.264. The summed E-state index contributed by atoms with van der Waals surface area (Å²) in [6, 6.07) is 35.4. The van der Waals surface area contributed by atoms with Gasteiger partial charge in [-0.1, -0.05) is 96.4 Å². The Balaban J connectivity index is 1.69. The van der Waals surface area contributed by atoms with E-state index in [2.05, 4.69) is 136 Å². The largest absolute Gasteiger partial charge is 0.342 e. The van der Waals surface area contributed by atoms with E-state index in [4.69, 9.17) is 0 Å². The van der Waals surface area contributed by atoms with Gasteiger partial charge >= 0.3 is 0 Å². The van der Waals surface area contributed by atoms with Crippen LogP contribution in [0.15, 0.2) is 97.1 Å². The molecule has 0 fully saturated rings. The van der Waals surface area contributed by atoms with Gasteiger partial charge in [0.25, 0.3) is 0 Å². The molecule has 0 aliphatic rings. The third kappa shape index (κ3) is 5.62. The Morgan fingerprint density at radius 2 is 0.970 bits per heavy atom. The van der Waals surface area contributed by atoms with Gasteiger partial charge in [0.2, 0.25) is 0 Å². The van der Waals surface area contributed by atoms with Crippen LogP contribution in [-0.4, -0.2) is 6.54 Å². The van der Waals surface area contributed by atoms with Gasteiger partial charge in [0.1, 0.15) is 0 Å². The molecule has 0 spiro atoms. The second-order valence-corrected chi connectivity index (χ2v) is 8.87. The maximum Gasteiger partial charge on any atom is 0.0411 e.